The van der Waals surface area contributed by atoms with Gasteiger partial charge in [0.25, 0.3) is 0 Å². The molecule has 0 aliphatic heterocycles. The van der Waals surface area contributed by atoms with Crippen molar-refractivity contribution in [1.82, 2.24) is 5.32 Å². The molecule has 4 aliphatic carbocycles. The van der Waals surface area contributed by atoms with Crippen molar-refractivity contribution in [2.75, 3.05) is 13.2 Å². The van der Waals surface area contributed by atoms with Crippen molar-refractivity contribution < 1.29 is 13.9 Å². The molecule has 4 fully saturated rings. The van der Waals surface area contributed by atoms with Crippen LogP contribution in [0, 0.1) is 29.0 Å². The van der Waals surface area contributed by atoms with E-state index in [4.69, 9.17) is 4.74 Å². The molecule has 4 heteroatoms. The molecule has 4 bridgehead atoms. The summed E-state index contributed by atoms with van der Waals surface area (Å²) in [6.07, 6.45) is 8.70. The number of carbonyl (C=O) groups excluding carboxylic acids is 1. The first-order valence-electron chi connectivity index (χ1n) is 9.25. The Kier molecular flexibility index (Phi) is 4.23. The van der Waals surface area contributed by atoms with Gasteiger partial charge in [-0.3, -0.25) is 4.79 Å². The largest absolute Gasteiger partial charge is 0.492 e. The molecule has 130 valence electrons. The smallest absolute Gasteiger partial charge is 0.220 e. The van der Waals surface area contributed by atoms with E-state index in [1.165, 1.54) is 50.7 Å². The van der Waals surface area contributed by atoms with Crippen LogP contribution in [-0.4, -0.2) is 19.1 Å². The molecular weight excluding hydrogens is 305 g/mol. The number of hydrogen-bond donors (Lipinski definition) is 1. The fourth-order valence-electron chi connectivity index (χ4n) is 5.80. The van der Waals surface area contributed by atoms with Gasteiger partial charge >= 0.3 is 0 Å². The number of rotatable bonds is 6. The van der Waals surface area contributed by atoms with Crippen LogP contribution in [0.4, 0.5) is 4.39 Å². The van der Waals surface area contributed by atoms with E-state index in [2.05, 4.69) is 5.32 Å². The molecule has 1 N–H and O–H groups in total. The summed E-state index contributed by atoms with van der Waals surface area (Å²) in [4.78, 5) is 12.4. The number of amides is 1. The second kappa shape index (κ2) is 6.38. The molecule has 3 nitrogen and oxygen atoms in total. The maximum atomic E-state index is 12.8. The van der Waals surface area contributed by atoms with Crippen LogP contribution in [0.15, 0.2) is 24.3 Å². The third-order valence-corrected chi connectivity index (χ3v) is 6.21. The maximum absolute atomic E-state index is 12.8. The average Bonchev–Trinajstić information content (AvgIpc) is 2.51. The Bertz CT molecular complexity index is 563. The third kappa shape index (κ3) is 3.42. The van der Waals surface area contributed by atoms with E-state index in [1.807, 2.05) is 0 Å². The SMILES string of the molecule is O=C(CC12CC3CC(CC(C3)C1)C2)NCCOc1ccc(F)cc1. The van der Waals surface area contributed by atoms with Crippen LogP contribution >= 0.6 is 0 Å². The first-order valence-corrected chi connectivity index (χ1v) is 9.25. The van der Waals surface area contributed by atoms with Crippen molar-refractivity contribution >= 4 is 5.91 Å². The summed E-state index contributed by atoms with van der Waals surface area (Å²) in [6, 6.07) is 5.96. The van der Waals surface area contributed by atoms with Crippen LogP contribution < -0.4 is 10.1 Å². The highest BCUT2D eigenvalue weighted by molar-refractivity contribution is 5.76. The first kappa shape index (κ1) is 15.9. The standard InChI is InChI=1S/C20H26FNO2/c21-17-1-3-18(4-2-17)24-6-5-22-19(23)13-20-10-14-7-15(11-20)9-16(8-14)12-20/h1-4,14-16H,5-13H2,(H,22,23). The summed E-state index contributed by atoms with van der Waals surface area (Å²) in [7, 11) is 0. The Morgan fingerprint density at radius 2 is 1.67 bits per heavy atom. The van der Waals surface area contributed by atoms with Crippen LogP contribution in [0.2, 0.25) is 0 Å². The Labute approximate surface area is 143 Å². The number of nitrogens with one attached hydrogen (secondary N) is 1. The summed E-state index contributed by atoms with van der Waals surface area (Å²) < 4.78 is 18.3. The van der Waals surface area contributed by atoms with Crippen LogP contribution in [-0.2, 0) is 4.79 Å². The molecule has 0 radical (unpaired) electrons. The van der Waals surface area contributed by atoms with Gasteiger partial charge in [-0.15, -0.1) is 0 Å². The predicted molar refractivity (Wildman–Crippen MR) is 90.1 cm³/mol. The molecule has 0 heterocycles. The van der Waals surface area contributed by atoms with E-state index in [0.717, 1.165) is 17.8 Å². The van der Waals surface area contributed by atoms with Crippen molar-refractivity contribution in [3.05, 3.63) is 30.1 Å². The zero-order valence-corrected chi connectivity index (χ0v) is 14.1. The van der Waals surface area contributed by atoms with Crippen LogP contribution in [0.3, 0.4) is 0 Å². The van der Waals surface area contributed by atoms with Gasteiger partial charge in [0.2, 0.25) is 5.91 Å². The molecule has 0 unspecified atom stereocenters. The molecule has 4 aliphatic rings. The summed E-state index contributed by atoms with van der Waals surface area (Å²) in [6.45, 7) is 0.917. The lowest BCUT2D eigenvalue weighted by Gasteiger charge is -2.56. The molecule has 0 spiro atoms. The van der Waals surface area contributed by atoms with Gasteiger partial charge in [-0.25, -0.2) is 4.39 Å². The number of benzene rings is 1. The van der Waals surface area contributed by atoms with Gasteiger partial charge in [0, 0.05) is 6.42 Å². The fourth-order valence-corrected chi connectivity index (χ4v) is 5.80. The molecule has 0 aromatic heterocycles. The van der Waals surface area contributed by atoms with E-state index in [1.54, 1.807) is 12.1 Å². The second-order valence-corrected chi connectivity index (χ2v) is 8.25. The predicted octanol–water partition coefficient (Wildman–Crippen LogP) is 3.93. The normalized spacial score (nSPS) is 33.5. The third-order valence-electron chi connectivity index (χ3n) is 6.21. The molecule has 24 heavy (non-hydrogen) atoms. The molecule has 1 aromatic rings. The van der Waals surface area contributed by atoms with Crippen molar-refractivity contribution in [2.45, 2.75) is 44.9 Å². The van der Waals surface area contributed by atoms with Gasteiger partial charge in [0.15, 0.2) is 0 Å². The number of carbonyl (C=O) groups is 1. The topological polar surface area (TPSA) is 38.3 Å². The zero-order valence-electron chi connectivity index (χ0n) is 14.1. The quantitative estimate of drug-likeness (QED) is 0.802. The van der Waals surface area contributed by atoms with Crippen LogP contribution in [0.1, 0.15) is 44.9 Å². The van der Waals surface area contributed by atoms with Crippen molar-refractivity contribution in [1.29, 1.82) is 0 Å². The molecule has 0 atom stereocenters. The van der Waals surface area contributed by atoms with Gasteiger partial charge in [-0.05, 0) is 86.0 Å². The Hall–Kier alpha value is -1.58. The molecular formula is C20H26FNO2. The first-order chi connectivity index (χ1) is 11.6. The number of halogens is 1. The van der Waals surface area contributed by atoms with E-state index >= 15 is 0 Å². The van der Waals surface area contributed by atoms with Gasteiger partial charge < -0.3 is 10.1 Å². The lowest BCUT2D eigenvalue weighted by Crippen LogP contribution is -2.48. The molecule has 4 saturated carbocycles. The molecule has 1 aromatic carbocycles. The monoisotopic (exact) mass is 331 g/mol. The number of ether oxygens (including phenoxy) is 1. The van der Waals surface area contributed by atoms with Crippen molar-refractivity contribution in [3.8, 4) is 5.75 Å². The average molecular weight is 331 g/mol. The minimum Gasteiger partial charge on any atom is -0.492 e. The highest BCUT2D eigenvalue weighted by atomic mass is 19.1. The second-order valence-electron chi connectivity index (χ2n) is 8.25. The number of hydrogen-bond acceptors (Lipinski definition) is 2. The van der Waals surface area contributed by atoms with Crippen LogP contribution in [0.5, 0.6) is 5.75 Å². The van der Waals surface area contributed by atoms with Gasteiger partial charge in [-0.2, -0.15) is 0 Å². The Morgan fingerprint density at radius 1 is 1.08 bits per heavy atom. The highest BCUT2D eigenvalue weighted by Gasteiger charge is 2.51. The molecule has 1 amide bonds. The van der Waals surface area contributed by atoms with Gasteiger partial charge in [0.05, 0.1) is 6.54 Å². The minimum absolute atomic E-state index is 0.166. The zero-order chi connectivity index (χ0) is 16.6. The van der Waals surface area contributed by atoms with Crippen molar-refractivity contribution in [2.24, 2.45) is 23.2 Å². The Balaban J connectivity index is 1.22. The maximum Gasteiger partial charge on any atom is 0.220 e. The summed E-state index contributed by atoms with van der Waals surface area (Å²) in [5.41, 5.74) is 0.288. The van der Waals surface area contributed by atoms with E-state index in [-0.39, 0.29) is 17.1 Å². The van der Waals surface area contributed by atoms with Crippen LogP contribution in [0.25, 0.3) is 0 Å². The van der Waals surface area contributed by atoms with Gasteiger partial charge in [-0.1, -0.05) is 0 Å². The fraction of sp³-hybridized carbons (Fsp3) is 0.650. The Morgan fingerprint density at radius 3 is 2.25 bits per heavy atom. The lowest BCUT2D eigenvalue weighted by molar-refractivity contribution is -0.129. The minimum atomic E-state index is -0.272. The highest BCUT2D eigenvalue weighted by Crippen LogP contribution is 2.61. The van der Waals surface area contributed by atoms with Crippen molar-refractivity contribution in [3.63, 3.8) is 0 Å². The van der Waals surface area contributed by atoms with E-state index in [9.17, 15) is 9.18 Å². The molecule has 0 saturated heterocycles. The lowest BCUT2D eigenvalue weighted by atomic mass is 9.49. The summed E-state index contributed by atoms with van der Waals surface area (Å²) in [5.74, 6) is 3.17. The molecule has 5 rings (SSSR count). The van der Waals surface area contributed by atoms with E-state index < -0.39 is 0 Å². The summed E-state index contributed by atoms with van der Waals surface area (Å²) in [5, 5.41) is 3.00. The summed E-state index contributed by atoms with van der Waals surface area (Å²) >= 11 is 0. The van der Waals surface area contributed by atoms with Gasteiger partial charge in [0.1, 0.15) is 18.2 Å². The van der Waals surface area contributed by atoms with E-state index in [0.29, 0.717) is 25.3 Å².